The Morgan fingerprint density at radius 2 is 1.48 bits per heavy atom. The molecule has 21 heavy (non-hydrogen) atoms. The third kappa shape index (κ3) is 4.02. The Morgan fingerprint density at radius 1 is 0.857 bits per heavy atom. The maximum atomic E-state index is 4.17. The van der Waals surface area contributed by atoms with Crippen molar-refractivity contribution in [3.8, 4) is 0 Å². The largest absolute Gasteiger partial charge is 0.368 e. The van der Waals surface area contributed by atoms with Crippen LogP contribution in [0.25, 0.3) is 0 Å². The van der Waals surface area contributed by atoms with Crippen LogP contribution < -0.4 is 9.80 Å². The SMILES string of the molecule is Cc1cnccc1N1CCN(c2ccccc2)CC1.Cl.Cl. The van der Waals surface area contributed by atoms with Gasteiger partial charge in [0.05, 0.1) is 0 Å². The monoisotopic (exact) mass is 325 g/mol. The van der Waals surface area contributed by atoms with Gasteiger partial charge in [0.2, 0.25) is 0 Å². The molecule has 5 heteroatoms. The van der Waals surface area contributed by atoms with Crippen molar-refractivity contribution in [2.75, 3.05) is 36.0 Å². The smallest absolute Gasteiger partial charge is 0.0428 e. The van der Waals surface area contributed by atoms with Gasteiger partial charge in [-0.1, -0.05) is 18.2 Å². The van der Waals surface area contributed by atoms with Gasteiger partial charge in [0.15, 0.2) is 0 Å². The molecule has 0 radical (unpaired) electrons. The molecular weight excluding hydrogens is 305 g/mol. The first-order chi connectivity index (χ1) is 9.34. The predicted octanol–water partition coefficient (Wildman–Crippen LogP) is 3.56. The van der Waals surface area contributed by atoms with Crippen LogP contribution in [0.5, 0.6) is 0 Å². The summed E-state index contributed by atoms with van der Waals surface area (Å²) in [5.74, 6) is 0. The van der Waals surface area contributed by atoms with Crippen molar-refractivity contribution in [1.29, 1.82) is 0 Å². The first-order valence-corrected chi connectivity index (χ1v) is 6.80. The van der Waals surface area contributed by atoms with Crippen molar-refractivity contribution in [3.05, 3.63) is 54.4 Å². The molecule has 3 rings (SSSR count). The summed E-state index contributed by atoms with van der Waals surface area (Å²) < 4.78 is 0. The lowest BCUT2D eigenvalue weighted by Gasteiger charge is -2.37. The summed E-state index contributed by atoms with van der Waals surface area (Å²) in [5.41, 5.74) is 3.91. The third-order valence-corrected chi connectivity index (χ3v) is 3.73. The topological polar surface area (TPSA) is 19.4 Å². The lowest BCUT2D eigenvalue weighted by molar-refractivity contribution is 0.652. The minimum absolute atomic E-state index is 0. The fourth-order valence-corrected chi connectivity index (χ4v) is 2.67. The fourth-order valence-electron chi connectivity index (χ4n) is 2.67. The maximum Gasteiger partial charge on any atom is 0.0428 e. The minimum atomic E-state index is 0. The predicted molar refractivity (Wildman–Crippen MR) is 94.3 cm³/mol. The molecule has 0 unspecified atom stereocenters. The van der Waals surface area contributed by atoms with Crippen molar-refractivity contribution in [2.45, 2.75) is 6.92 Å². The molecule has 1 aliphatic rings. The maximum absolute atomic E-state index is 4.17. The van der Waals surface area contributed by atoms with E-state index >= 15 is 0 Å². The molecule has 0 saturated carbocycles. The van der Waals surface area contributed by atoms with Gasteiger partial charge in [-0.2, -0.15) is 0 Å². The van der Waals surface area contributed by atoms with Crippen LogP contribution in [0.4, 0.5) is 11.4 Å². The number of hydrogen-bond acceptors (Lipinski definition) is 3. The second-order valence-electron chi connectivity index (χ2n) is 4.97. The van der Waals surface area contributed by atoms with Gasteiger partial charge in [-0.3, -0.25) is 4.98 Å². The lowest BCUT2D eigenvalue weighted by Crippen LogP contribution is -2.46. The van der Waals surface area contributed by atoms with Gasteiger partial charge in [-0.05, 0) is 30.7 Å². The summed E-state index contributed by atoms with van der Waals surface area (Å²) in [4.78, 5) is 9.07. The highest BCUT2D eigenvalue weighted by molar-refractivity contribution is 5.85. The number of pyridine rings is 1. The highest BCUT2D eigenvalue weighted by Gasteiger charge is 2.18. The van der Waals surface area contributed by atoms with E-state index in [2.05, 4.69) is 58.1 Å². The van der Waals surface area contributed by atoms with Crippen LogP contribution in [0.1, 0.15) is 5.56 Å². The zero-order valence-corrected chi connectivity index (χ0v) is 13.7. The zero-order chi connectivity index (χ0) is 13.1. The van der Waals surface area contributed by atoms with E-state index in [1.807, 2.05) is 12.4 Å². The van der Waals surface area contributed by atoms with Crippen LogP contribution in [0.2, 0.25) is 0 Å². The summed E-state index contributed by atoms with van der Waals surface area (Å²) in [6, 6.07) is 12.8. The van der Waals surface area contributed by atoms with E-state index in [4.69, 9.17) is 0 Å². The van der Waals surface area contributed by atoms with Gasteiger partial charge < -0.3 is 9.80 Å². The van der Waals surface area contributed by atoms with E-state index < -0.39 is 0 Å². The second-order valence-corrected chi connectivity index (χ2v) is 4.97. The average molecular weight is 326 g/mol. The molecule has 1 aromatic carbocycles. The van der Waals surface area contributed by atoms with Crippen LogP contribution in [0, 0.1) is 6.92 Å². The zero-order valence-electron chi connectivity index (χ0n) is 12.1. The van der Waals surface area contributed by atoms with E-state index in [1.165, 1.54) is 16.9 Å². The number of aryl methyl sites for hydroxylation is 1. The molecule has 1 fully saturated rings. The highest BCUT2D eigenvalue weighted by Crippen LogP contribution is 2.22. The second kappa shape index (κ2) is 8.11. The molecule has 3 nitrogen and oxygen atoms in total. The number of nitrogens with zero attached hydrogens (tertiary/aromatic N) is 3. The lowest BCUT2D eigenvalue weighted by atomic mass is 10.2. The third-order valence-electron chi connectivity index (χ3n) is 3.73. The number of aromatic nitrogens is 1. The van der Waals surface area contributed by atoms with E-state index in [0.717, 1.165) is 26.2 Å². The summed E-state index contributed by atoms with van der Waals surface area (Å²) in [6.07, 6.45) is 3.82. The molecule has 2 heterocycles. The molecule has 0 aliphatic carbocycles. The molecule has 0 N–H and O–H groups in total. The van der Waals surface area contributed by atoms with Gasteiger partial charge in [-0.15, -0.1) is 24.8 Å². The van der Waals surface area contributed by atoms with Crippen molar-refractivity contribution in [2.24, 2.45) is 0 Å². The van der Waals surface area contributed by atoms with Crippen LogP contribution in [-0.4, -0.2) is 31.2 Å². The van der Waals surface area contributed by atoms with E-state index in [1.54, 1.807) is 0 Å². The summed E-state index contributed by atoms with van der Waals surface area (Å²) in [7, 11) is 0. The van der Waals surface area contributed by atoms with E-state index in [-0.39, 0.29) is 24.8 Å². The van der Waals surface area contributed by atoms with Crippen molar-refractivity contribution in [1.82, 2.24) is 4.98 Å². The van der Waals surface area contributed by atoms with Gasteiger partial charge in [0, 0.05) is 49.9 Å². The molecular formula is C16H21Cl2N3. The minimum Gasteiger partial charge on any atom is -0.368 e. The fraction of sp³-hybridized carbons (Fsp3) is 0.312. The van der Waals surface area contributed by atoms with Gasteiger partial charge >= 0.3 is 0 Å². The number of benzene rings is 1. The summed E-state index contributed by atoms with van der Waals surface area (Å²) >= 11 is 0. The Kier molecular flexibility index (Phi) is 6.79. The quantitative estimate of drug-likeness (QED) is 0.841. The van der Waals surface area contributed by atoms with Gasteiger partial charge in [-0.25, -0.2) is 0 Å². The number of rotatable bonds is 2. The summed E-state index contributed by atoms with van der Waals surface area (Å²) in [6.45, 7) is 6.42. The van der Waals surface area contributed by atoms with E-state index in [0.29, 0.717) is 0 Å². The molecule has 0 atom stereocenters. The molecule has 2 aromatic rings. The standard InChI is InChI=1S/C16H19N3.2ClH/c1-14-13-17-8-7-16(14)19-11-9-18(10-12-19)15-5-3-2-4-6-15;;/h2-8,13H,9-12H2,1H3;2*1H. The first kappa shape index (κ1) is 17.6. The van der Waals surface area contributed by atoms with Crippen molar-refractivity contribution >= 4 is 36.2 Å². The number of halogens is 2. The number of hydrogen-bond donors (Lipinski definition) is 0. The number of piperazine rings is 1. The Labute approximate surface area is 138 Å². The molecule has 0 spiro atoms. The van der Waals surface area contributed by atoms with Crippen molar-refractivity contribution < 1.29 is 0 Å². The first-order valence-electron chi connectivity index (χ1n) is 6.80. The molecule has 114 valence electrons. The molecule has 1 aromatic heterocycles. The summed E-state index contributed by atoms with van der Waals surface area (Å²) in [5, 5.41) is 0. The normalized spacial score (nSPS) is 14.1. The molecule has 1 aliphatic heterocycles. The Balaban J connectivity index is 0.00000110. The van der Waals surface area contributed by atoms with Crippen LogP contribution in [-0.2, 0) is 0 Å². The Hall–Kier alpha value is -1.45. The van der Waals surface area contributed by atoms with Crippen molar-refractivity contribution in [3.63, 3.8) is 0 Å². The van der Waals surface area contributed by atoms with Crippen LogP contribution in [0.3, 0.4) is 0 Å². The number of para-hydroxylation sites is 1. The molecule has 1 saturated heterocycles. The average Bonchev–Trinajstić information content (AvgIpc) is 2.49. The van der Waals surface area contributed by atoms with E-state index in [9.17, 15) is 0 Å². The number of anilines is 2. The van der Waals surface area contributed by atoms with Gasteiger partial charge in [0.1, 0.15) is 0 Å². The van der Waals surface area contributed by atoms with Crippen LogP contribution >= 0.6 is 24.8 Å². The van der Waals surface area contributed by atoms with Gasteiger partial charge in [0.25, 0.3) is 0 Å². The molecule has 0 amide bonds. The highest BCUT2D eigenvalue weighted by atomic mass is 35.5. The molecule has 0 bridgehead atoms. The Morgan fingerprint density at radius 3 is 2.10 bits per heavy atom. The van der Waals surface area contributed by atoms with Crippen LogP contribution in [0.15, 0.2) is 48.8 Å². The Bertz CT molecular complexity index is 540.